The average molecular weight is 469 g/mol. The van der Waals surface area contributed by atoms with Gasteiger partial charge in [-0.2, -0.15) is 8.78 Å². The van der Waals surface area contributed by atoms with E-state index >= 15 is 0 Å². The summed E-state index contributed by atoms with van der Waals surface area (Å²) in [6.07, 6.45) is 2.13. The molecule has 2 aromatic rings. The monoisotopic (exact) mass is 469 g/mol. The summed E-state index contributed by atoms with van der Waals surface area (Å²) in [4.78, 5) is 15.7. The first-order chi connectivity index (χ1) is 15.9. The van der Waals surface area contributed by atoms with Crippen molar-refractivity contribution in [3.63, 3.8) is 0 Å². The highest BCUT2D eigenvalue weighted by Gasteiger charge is 2.26. The Morgan fingerprint density at radius 2 is 2.03 bits per heavy atom. The minimum Gasteiger partial charge on any atom is -0.479 e. The Labute approximate surface area is 190 Å². The maximum Gasteiger partial charge on any atom is 0.387 e. The number of benzene rings is 1. The largest absolute Gasteiger partial charge is 0.479 e. The van der Waals surface area contributed by atoms with Crippen LogP contribution < -0.4 is 4.74 Å². The first-order valence-electron chi connectivity index (χ1n) is 10.9. The second-order valence-electron chi connectivity index (χ2n) is 7.77. The summed E-state index contributed by atoms with van der Waals surface area (Å²) in [7, 11) is 0. The fourth-order valence-corrected chi connectivity index (χ4v) is 3.71. The molecule has 0 spiro atoms. The fraction of sp³-hybridized carbons (Fsp3) is 0.565. The van der Waals surface area contributed by atoms with Gasteiger partial charge in [0.1, 0.15) is 17.2 Å². The number of halogens is 2. The molecule has 1 heterocycles. The normalized spacial score (nSPS) is 19.5. The minimum atomic E-state index is -2.91. The predicted molar refractivity (Wildman–Crippen MR) is 113 cm³/mol. The number of rotatable bonds is 12. The molecule has 33 heavy (non-hydrogen) atoms. The average Bonchev–Trinajstić information content (AvgIpc) is 3.15. The van der Waals surface area contributed by atoms with Crippen molar-refractivity contribution in [1.82, 2.24) is 4.98 Å². The van der Waals surface area contributed by atoms with Gasteiger partial charge in [-0.05, 0) is 57.7 Å². The summed E-state index contributed by atoms with van der Waals surface area (Å²) in [5, 5.41) is 9.17. The van der Waals surface area contributed by atoms with Gasteiger partial charge in [0.15, 0.2) is 6.10 Å². The van der Waals surface area contributed by atoms with Crippen LogP contribution in [0.2, 0.25) is 0 Å². The molecule has 1 N–H and O–H groups in total. The number of nitrogens with zero attached hydrogens (tertiary/aromatic N) is 1. The van der Waals surface area contributed by atoms with Gasteiger partial charge in [-0.3, -0.25) is 0 Å². The van der Waals surface area contributed by atoms with E-state index in [2.05, 4.69) is 9.72 Å². The Hall–Kier alpha value is -2.56. The summed E-state index contributed by atoms with van der Waals surface area (Å²) in [5.74, 6) is -0.135. The van der Waals surface area contributed by atoms with Crippen molar-refractivity contribution in [3.8, 4) is 17.2 Å². The van der Waals surface area contributed by atoms with E-state index in [0.29, 0.717) is 35.9 Å². The minimum absolute atomic E-state index is 0.000646. The molecule has 182 valence electrons. The second-order valence-corrected chi connectivity index (χ2v) is 7.77. The molecule has 0 saturated heterocycles. The quantitative estimate of drug-likeness (QED) is 0.482. The molecule has 10 heteroatoms. The topological polar surface area (TPSA) is 100 Å². The molecule has 1 fully saturated rings. The second kappa shape index (κ2) is 12.1. The van der Waals surface area contributed by atoms with E-state index in [1.165, 1.54) is 12.1 Å². The van der Waals surface area contributed by atoms with Crippen LogP contribution in [-0.4, -0.2) is 54.2 Å². The molecule has 0 bridgehead atoms. The van der Waals surface area contributed by atoms with E-state index in [1.54, 1.807) is 26.0 Å². The number of carbonyl (C=O) groups is 1. The number of aliphatic carboxylic acids is 1. The van der Waals surface area contributed by atoms with Gasteiger partial charge in [0.2, 0.25) is 5.89 Å². The van der Waals surface area contributed by atoms with Crippen LogP contribution in [0.25, 0.3) is 11.5 Å². The van der Waals surface area contributed by atoms with Crippen molar-refractivity contribution >= 4 is 5.97 Å². The lowest BCUT2D eigenvalue weighted by Crippen LogP contribution is -2.34. The number of carboxylic acid groups (broad SMARTS) is 1. The number of ether oxygens (including phenoxy) is 4. The van der Waals surface area contributed by atoms with Crippen LogP contribution in [0.1, 0.15) is 44.1 Å². The highest BCUT2D eigenvalue weighted by molar-refractivity contribution is 5.72. The molecule has 3 rings (SSSR count). The molecule has 1 aromatic heterocycles. The number of oxazole rings is 1. The van der Waals surface area contributed by atoms with E-state index in [0.717, 1.165) is 19.3 Å². The van der Waals surface area contributed by atoms with Crippen LogP contribution in [-0.2, 0) is 25.6 Å². The third-order valence-corrected chi connectivity index (χ3v) is 5.36. The summed E-state index contributed by atoms with van der Waals surface area (Å²) in [6, 6.07) is 6.16. The first-order valence-corrected chi connectivity index (χ1v) is 10.9. The smallest absolute Gasteiger partial charge is 0.387 e. The number of aromatic nitrogens is 1. The number of carboxylic acids is 1. The van der Waals surface area contributed by atoms with Crippen molar-refractivity contribution in [2.45, 2.75) is 71.1 Å². The predicted octanol–water partition coefficient (Wildman–Crippen LogP) is 4.59. The molecule has 3 atom stereocenters. The standard InChI is InChI=1S/C23H29F2NO7/c1-3-29-20(22(27)28)13-31-17-8-5-7-16(11-17)30-12-19-14(2)32-21(26-19)15-6-4-9-18(10-15)33-23(24)25/h4,6,9-10,16-17,20,23H,3,5,7-8,11-13H2,1-2H3,(H,27,28). The van der Waals surface area contributed by atoms with Crippen LogP contribution in [0.5, 0.6) is 5.75 Å². The van der Waals surface area contributed by atoms with Gasteiger partial charge < -0.3 is 28.5 Å². The van der Waals surface area contributed by atoms with Gasteiger partial charge in [-0.1, -0.05) is 6.07 Å². The van der Waals surface area contributed by atoms with Gasteiger partial charge in [0, 0.05) is 12.2 Å². The van der Waals surface area contributed by atoms with E-state index in [-0.39, 0.29) is 31.2 Å². The van der Waals surface area contributed by atoms with Crippen LogP contribution in [0.15, 0.2) is 28.7 Å². The molecule has 0 amide bonds. The van der Waals surface area contributed by atoms with Crippen molar-refractivity contribution in [2.24, 2.45) is 0 Å². The Balaban J connectivity index is 1.54. The molecule has 3 unspecified atom stereocenters. The molecule has 1 aliphatic rings. The van der Waals surface area contributed by atoms with Crippen LogP contribution in [0.3, 0.4) is 0 Å². The summed E-state index contributed by atoms with van der Waals surface area (Å²) >= 11 is 0. The SMILES string of the molecule is CCOC(COC1CCCC(OCc2nc(-c3cccc(OC(F)F)c3)oc2C)C1)C(=O)O. The van der Waals surface area contributed by atoms with Crippen LogP contribution in [0.4, 0.5) is 8.78 Å². The molecule has 0 aliphatic heterocycles. The van der Waals surface area contributed by atoms with Crippen molar-refractivity contribution in [3.05, 3.63) is 35.7 Å². The highest BCUT2D eigenvalue weighted by atomic mass is 19.3. The van der Waals surface area contributed by atoms with Crippen LogP contribution >= 0.6 is 0 Å². The summed E-state index contributed by atoms with van der Waals surface area (Å²) < 4.78 is 52.1. The van der Waals surface area contributed by atoms with Crippen molar-refractivity contribution < 1.29 is 42.0 Å². The molecular formula is C23H29F2NO7. The van der Waals surface area contributed by atoms with Crippen molar-refractivity contribution in [1.29, 1.82) is 0 Å². The third-order valence-electron chi connectivity index (χ3n) is 5.36. The number of alkyl halides is 2. The van der Waals surface area contributed by atoms with E-state index in [9.17, 15) is 18.7 Å². The Kier molecular flexibility index (Phi) is 9.16. The van der Waals surface area contributed by atoms with Crippen LogP contribution in [0, 0.1) is 6.92 Å². The lowest BCUT2D eigenvalue weighted by molar-refractivity contribution is -0.157. The maximum absolute atomic E-state index is 12.5. The van der Waals surface area contributed by atoms with Gasteiger partial charge in [0.25, 0.3) is 0 Å². The number of hydrogen-bond donors (Lipinski definition) is 1. The zero-order chi connectivity index (χ0) is 23.8. The number of aryl methyl sites for hydroxylation is 1. The number of hydrogen-bond acceptors (Lipinski definition) is 7. The molecule has 0 radical (unpaired) electrons. The van der Waals surface area contributed by atoms with Gasteiger partial charge in [-0.25, -0.2) is 9.78 Å². The fourth-order valence-electron chi connectivity index (χ4n) is 3.71. The zero-order valence-electron chi connectivity index (χ0n) is 18.7. The lowest BCUT2D eigenvalue weighted by Gasteiger charge is -2.29. The maximum atomic E-state index is 12.5. The summed E-state index contributed by atoms with van der Waals surface area (Å²) in [5.41, 5.74) is 1.14. The Morgan fingerprint density at radius 3 is 2.73 bits per heavy atom. The van der Waals surface area contributed by atoms with Gasteiger partial charge in [-0.15, -0.1) is 0 Å². The highest BCUT2D eigenvalue weighted by Crippen LogP contribution is 2.28. The molecule has 1 aromatic carbocycles. The summed E-state index contributed by atoms with van der Waals surface area (Å²) in [6.45, 7) is 1.14. The Morgan fingerprint density at radius 1 is 1.27 bits per heavy atom. The lowest BCUT2D eigenvalue weighted by atomic mass is 9.95. The molecule has 8 nitrogen and oxygen atoms in total. The third kappa shape index (κ3) is 7.48. The van der Waals surface area contributed by atoms with Crippen molar-refractivity contribution in [2.75, 3.05) is 13.2 Å². The first kappa shape index (κ1) is 25.1. The zero-order valence-corrected chi connectivity index (χ0v) is 18.7. The van der Waals surface area contributed by atoms with Gasteiger partial charge >= 0.3 is 12.6 Å². The molecule has 1 aliphatic carbocycles. The Bertz CT molecular complexity index is 905. The van der Waals surface area contributed by atoms with E-state index in [1.807, 2.05) is 0 Å². The molecule has 1 saturated carbocycles. The van der Waals surface area contributed by atoms with E-state index < -0.39 is 18.7 Å². The van der Waals surface area contributed by atoms with Gasteiger partial charge in [0.05, 0.1) is 25.4 Å². The van der Waals surface area contributed by atoms with E-state index in [4.69, 9.17) is 18.6 Å². The molecular weight excluding hydrogens is 440 g/mol.